The third kappa shape index (κ3) is 2.95. The third-order valence-corrected chi connectivity index (χ3v) is 7.85. The Balaban J connectivity index is 1.73. The van der Waals surface area contributed by atoms with Gasteiger partial charge >= 0.3 is 5.97 Å². The Bertz CT molecular complexity index is 1780. The number of rotatable bonds is 2. The van der Waals surface area contributed by atoms with E-state index in [1.807, 2.05) is 36.4 Å². The average Bonchev–Trinajstić information content (AvgIpc) is 2.92. The summed E-state index contributed by atoms with van der Waals surface area (Å²) in [5.41, 5.74) is 8.05. The summed E-state index contributed by atoms with van der Waals surface area (Å²) in [6.45, 7) is 2.18. The van der Waals surface area contributed by atoms with E-state index in [1.165, 1.54) is 23.9 Å². The van der Waals surface area contributed by atoms with E-state index in [4.69, 9.17) is 14.6 Å². The molecule has 0 radical (unpaired) electrons. The monoisotopic (exact) mass is 475 g/mol. The molecule has 7 rings (SSSR count). The van der Waals surface area contributed by atoms with E-state index in [2.05, 4.69) is 29.2 Å². The van der Waals surface area contributed by atoms with Gasteiger partial charge in [0.1, 0.15) is 11.2 Å². The van der Waals surface area contributed by atoms with Crippen molar-refractivity contribution in [1.82, 2.24) is 0 Å². The minimum Gasteiger partial charge on any atom is -0.465 e. The van der Waals surface area contributed by atoms with Gasteiger partial charge in [0.25, 0.3) is 0 Å². The fourth-order valence-corrected chi connectivity index (χ4v) is 6.34. The second-order valence-electron chi connectivity index (χ2n) is 9.84. The minimum absolute atomic E-state index is 0.349. The predicted octanol–water partition coefficient (Wildman–Crippen LogP) is 4.55. The molecule has 0 atom stereocenters. The first-order chi connectivity index (χ1) is 17.7. The molecular weight excluding hydrogens is 448 g/mol. The number of anilines is 1. The minimum atomic E-state index is -0.349. The summed E-state index contributed by atoms with van der Waals surface area (Å²) in [5, 5.41) is 11.1. The van der Waals surface area contributed by atoms with Gasteiger partial charge in [-0.1, -0.05) is 36.4 Å². The van der Waals surface area contributed by atoms with Crippen molar-refractivity contribution in [2.75, 3.05) is 25.1 Å². The van der Waals surface area contributed by atoms with E-state index in [0.717, 1.165) is 82.6 Å². The van der Waals surface area contributed by atoms with Gasteiger partial charge in [0.2, 0.25) is 5.36 Å². The number of carbonyl (C=O) groups excluding carboxylic acids is 1. The van der Waals surface area contributed by atoms with Gasteiger partial charge in [-0.25, -0.2) is 4.79 Å². The fraction of sp³-hybridized carbons (Fsp3) is 0.226. The molecule has 2 aliphatic heterocycles. The molecule has 0 spiro atoms. The van der Waals surface area contributed by atoms with Gasteiger partial charge in [0.05, 0.1) is 18.1 Å². The maximum atomic E-state index is 12.9. The quantitative estimate of drug-likeness (QED) is 0.231. The second kappa shape index (κ2) is 7.95. The Hall–Kier alpha value is -4.12. The largest absolute Gasteiger partial charge is 0.465 e. The number of nitrogens with two attached hydrogens (primary N) is 1. The van der Waals surface area contributed by atoms with E-state index < -0.39 is 0 Å². The molecule has 0 amide bonds. The molecule has 2 aliphatic rings. The number of ether oxygens (including phenoxy) is 1. The molecule has 4 aromatic carbocycles. The van der Waals surface area contributed by atoms with Crippen LogP contribution in [0.15, 0.2) is 65.1 Å². The topological polar surface area (TPSA) is 68.3 Å². The first-order valence-corrected chi connectivity index (χ1v) is 12.6. The number of nitrogens with zero attached hydrogens (tertiary/aromatic N) is 1. The molecule has 5 heteroatoms. The van der Waals surface area contributed by atoms with Gasteiger partial charge in [-0.2, -0.15) is 0 Å². The van der Waals surface area contributed by atoms with Crippen LogP contribution >= 0.6 is 0 Å². The molecule has 0 unspecified atom stereocenters. The molecule has 0 bridgehead atoms. The Labute approximate surface area is 208 Å². The molecule has 2 N–H and O–H groups in total. The lowest BCUT2D eigenvalue weighted by Gasteiger charge is -2.37. The van der Waals surface area contributed by atoms with Crippen LogP contribution in [0.5, 0.6) is 0 Å². The molecule has 178 valence electrons. The van der Waals surface area contributed by atoms with Crippen molar-refractivity contribution in [2.24, 2.45) is 0 Å². The SMILES string of the molecule is COC(=O)c1ccccc1-c1c2cc3c4c(c2oc2c1ccc1cccc(=[NH2+])c12)CCCN4CCC3. The van der Waals surface area contributed by atoms with Crippen LogP contribution in [0.4, 0.5) is 5.69 Å². The van der Waals surface area contributed by atoms with Crippen molar-refractivity contribution in [3.05, 3.63) is 82.7 Å². The van der Waals surface area contributed by atoms with Gasteiger partial charge in [-0.3, -0.25) is 5.41 Å². The number of benzene rings is 4. The van der Waals surface area contributed by atoms with E-state index in [-0.39, 0.29) is 5.97 Å². The maximum Gasteiger partial charge on any atom is 0.338 e. The lowest BCUT2D eigenvalue weighted by Crippen LogP contribution is -2.44. The van der Waals surface area contributed by atoms with Crippen molar-refractivity contribution < 1.29 is 19.4 Å². The Morgan fingerprint density at radius 3 is 2.64 bits per heavy atom. The number of esters is 1. The number of aryl methyl sites for hydroxylation is 2. The van der Waals surface area contributed by atoms with Gasteiger partial charge in [-0.05, 0) is 60.4 Å². The van der Waals surface area contributed by atoms with Crippen LogP contribution in [-0.4, -0.2) is 26.2 Å². The lowest BCUT2D eigenvalue weighted by molar-refractivity contribution is -0.170. The zero-order valence-electron chi connectivity index (χ0n) is 20.3. The summed E-state index contributed by atoms with van der Waals surface area (Å²) in [5.74, 6) is -0.349. The Morgan fingerprint density at radius 2 is 1.78 bits per heavy atom. The normalized spacial score (nSPS) is 14.9. The highest BCUT2D eigenvalue weighted by molar-refractivity contribution is 6.18. The molecule has 5 nitrogen and oxygen atoms in total. The summed E-state index contributed by atoms with van der Waals surface area (Å²) < 4.78 is 12.1. The van der Waals surface area contributed by atoms with Crippen LogP contribution in [0.2, 0.25) is 0 Å². The van der Waals surface area contributed by atoms with Crippen molar-refractivity contribution in [1.29, 1.82) is 0 Å². The average molecular weight is 476 g/mol. The van der Waals surface area contributed by atoms with Crippen LogP contribution in [-0.2, 0) is 17.6 Å². The zero-order valence-corrected chi connectivity index (χ0v) is 20.3. The zero-order chi connectivity index (χ0) is 24.4. The summed E-state index contributed by atoms with van der Waals surface area (Å²) >= 11 is 0. The summed E-state index contributed by atoms with van der Waals surface area (Å²) in [6.07, 6.45) is 4.28. The number of fused-ring (bicyclic) bond motifs is 5. The molecule has 3 heterocycles. The van der Waals surface area contributed by atoms with E-state index in [9.17, 15) is 4.79 Å². The van der Waals surface area contributed by atoms with Crippen LogP contribution < -0.4 is 15.7 Å². The summed E-state index contributed by atoms with van der Waals surface area (Å²) in [6, 6.07) is 20.1. The molecule has 36 heavy (non-hydrogen) atoms. The first-order valence-electron chi connectivity index (χ1n) is 12.6. The molecule has 5 aromatic rings. The summed E-state index contributed by atoms with van der Waals surface area (Å²) in [7, 11) is 1.43. The van der Waals surface area contributed by atoms with Gasteiger partial charge in [0, 0.05) is 46.7 Å². The number of hydrogen-bond donors (Lipinski definition) is 1. The summed E-state index contributed by atoms with van der Waals surface area (Å²) in [4.78, 5) is 15.4. The fourth-order valence-electron chi connectivity index (χ4n) is 6.34. The predicted molar refractivity (Wildman–Crippen MR) is 142 cm³/mol. The Morgan fingerprint density at radius 1 is 0.944 bits per heavy atom. The standard InChI is InChI=1S/C31H26N2O3/c1-35-31(34)21-10-3-2-9-20(21)27-22-14-13-18-7-4-12-25(32)26(18)30(22)36-29-23-11-6-16-33-15-5-8-19(28(23)33)17-24(27)29/h2-4,7,9-10,12-14,17,32H,5-6,8,11,15-16H2,1H3/p+1. The molecule has 0 saturated carbocycles. The number of hydrogen-bond acceptors (Lipinski definition) is 4. The second-order valence-corrected chi connectivity index (χ2v) is 9.84. The Kier molecular flexibility index (Phi) is 4.68. The van der Waals surface area contributed by atoms with Gasteiger partial charge in [-0.15, -0.1) is 0 Å². The first kappa shape index (κ1) is 21.2. The van der Waals surface area contributed by atoms with Crippen molar-refractivity contribution in [2.45, 2.75) is 25.7 Å². The van der Waals surface area contributed by atoms with Gasteiger partial charge < -0.3 is 14.1 Å². The van der Waals surface area contributed by atoms with Crippen LogP contribution in [0.1, 0.15) is 34.3 Å². The smallest absolute Gasteiger partial charge is 0.338 e. The van der Waals surface area contributed by atoms with E-state index in [0.29, 0.717) is 10.9 Å². The lowest BCUT2D eigenvalue weighted by atomic mass is 9.86. The maximum absolute atomic E-state index is 12.9. The molecule has 1 aromatic heterocycles. The number of carbonyl (C=O) groups is 1. The highest BCUT2D eigenvalue weighted by Gasteiger charge is 2.29. The number of methoxy groups -OCH3 is 1. The van der Waals surface area contributed by atoms with Crippen molar-refractivity contribution in [3.63, 3.8) is 0 Å². The van der Waals surface area contributed by atoms with Gasteiger partial charge in [0.15, 0.2) is 0 Å². The highest BCUT2D eigenvalue weighted by atomic mass is 16.5. The third-order valence-electron chi connectivity index (χ3n) is 7.85. The molecular formula is C31H27N2O3+. The molecule has 0 aliphatic carbocycles. The van der Waals surface area contributed by atoms with E-state index in [1.54, 1.807) is 0 Å². The van der Waals surface area contributed by atoms with Crippen LogP contribution in [0.25, 0.3) is 43.8 Å². The van der Waals surface area contributed by atoms with E-state index >= 15 is 0 Å². The van der Waals surface area contributed by atoms with Crippen molar-refractivity contribution >= 4 is 44.4 Å². The molecule has 0 fully saturated rings. The highest BCUT2D eigenvalue weighted by Crippen LogP contribution is 2.46. The van der Waals surface area contributed by atoms with Crippen LogP contribution in [0, 0.1) is 0 Å². The molecule has 0 saturated heterocycles. The van der Waals surface area contributed by atoms with Crippen molar-refractivity contribution in [3.8, 4) is 11.1 Å². The van der Waals surface area contributed by atoms with Crippen LogP contribution in [0.3, 0.4) is 0 Å².